The Balaban J connectivity index is 1.19. The van der Waals surface area contributed by atoms with Crippen LogP contribution >= 0.6 is 22.9 Å². The standard InChI is InChI=1S/C47H64ClN7O9S/c1-10-28-21-47(28,43(58)59)53-41(56)35-19-31(23-55(35)42(57)40(46(6,7)8)52-45(60)64-30-17-26(4)27(5)18-30)63-37-20-33(34-24-65-44(51-34)49-25(2)3)50-39-32(37)11-12-36(38(39)48)62-16-15-54-14-13-29(22-54)61-9/h10-12,20,24-31,35,40H,1,13-19,21-23H2,2-9H3,(H,49,51)(H,52,60)(H,53,56)(H,58,59)/t26-,27?,28-,29-,30?,31-,35+,40-,47-/m1/s1. The maximum atomic E-state index is 14.9. The third-order valence-corrected chi connectivity index (χ3v) is 14.5. The number of fused-ring (bicyclic) bond motifs is 1. The molecule has 3 amide bonds. The van der Waals surface area contributed by atoms with Gasteiger partial charge in [-0.05, 0) is 68.9 Å². The van der Waals surface area contributed by atoms with E-state index in [4.69, 9.17) is 40.5 Å². The van der Waals surface area contributed by atoms with Crippen molar-refractivity contribution in [2.24, 2.45) is 23.2 Å². The molecule has 2 saturated heterocycles. The van der Waals surface area contributed by atoms with Gasteiger partial charge in [-0.3, -0.25) is 14.5 Å². The first kappa shape index (κ1) is 48.2. The van der Waals surface area contributed by atoms with Crippen molar-refractivity contribution < 1.29 is 43.2 Å². The molecule has 65 heavy (non-hydrogen) atoms. The second-order valence-corrected chi connectivity index (χ2v) is 20.8. The summed E-state index contributed by atoms with van der Waals surface area (Å²) in [7, 11) is 1.73. The van der Waals surface area contributed by atoms with Crippen molar-refractivity contribution >= 4 is 62.8 Å². The number of thiazole rings is 1. The second-order valence-electron chi connectivity index (χ2n) is 19.6. The molecule has 2 aliphatic carbocycles. The summed E-state index contributed by atoms with van der Waals surface area (Å²) in [5.41, 5.74) is -0.877. The van der Waals surface area contributed by atoms with Gasteiger partial charge in [-0.2, -0.15) is 0 Å². The number of methoxy groups -OCH3 is 1. The van der Waals surface area contributed by atoms with Gasteiger partial charge in [-0.15, -0.1) is 17.9 Å². The lowest BCUT2D eigenvalue weighted by atomic mass is 9.85. The molecule has 4 heterocycles. The Kier molecular flexibility index (Phi) is 14.6. The summed E-state index contributed by atoms with van der Waals surface area (Å²) in [6.07, 6.45) is 2.56. The van der Waals surface area contributed by atoms with Gasteiger partial charge in [0.25, 0.3) is 0 Å². The Morgan fingerprint density at radius 1 is 1.05 bits per heavy atom. The minimum atomic E-state index is -1.54. The summed E-state index contributed by atoms with van der Waals surface area (Å²) >= 11 is 8.56. The monoisotopic (exact) mass is 937 g/mol. The van der Waals surface area contributed by atoms with E-state index in [1.807, 2.05) is 46.1 Å². The lowest BCUT2D eigenvalue weighted by molar-refractivity contribution is -0.146. The van der Waals surface area contributed by atoms with Crippen LogP contribution in [0, 0.1) is 23.2 Å². The summed E-state index contributed by atoms with van der Waals surface area (Å²) in [5, 5.41) is 22.6. The Hall–Kier alpha value is -4.71. The molecule has 4 fully saturated rings. The molecule has 2 saturated carbocycles. The highest BCUT2D eigenvalue weighted by Gasteiger charge is 2.61. The molecule has 2 aromatic heterocycles. The van der Waals surface area contributed by atoms with Crippen LogP contribution in [0.5, 0.6) is 11.5 Å². The van der Waals surface area contributed by atoms with E-state index in [0.29, 0.717) is 63.9 Å². The van der Waals surface area contributed by atoms with Gasteiger partial charge in [0.2, 0.25) is 11.8 Å². The highest BCUT2D eigenvalue weighted by atomic mass is 35.5. The van der Waals surface area contributed by atoms with Gasteiger partial charge in [-0.1, -0.05) is 52.3 Å². The summed E-state index contributed by atoms with van der Waals surface area (Å²) in [5.74, 6) is -1.22. The minimum absolute atomic E-state index is 0.0127. The number of anilines is 1. The molecule has 0 spiro atoms. The zero-order valence-electron chi connectivity index (χ0n) is 38.6. The maximum Gasteiger partial charge on any atom is 0.408 e. The number of carbonyl (C=O) groups excluding carboxylic acids is 3. The molecule has 3 aromatic rings. The quantitative estimate of drug-likeness (QED) is 0.101. The highest BCUT2D eigenvalue weighted by Crippen LogP contribution is 2.45. The fourth-order valence-corrected chi connectivity index (χ4v) is 10.3. The van der Waals surface area contributed by atoms with Crippen LogP contribution in [-0.2, 0) is 23.9 Å². The Morgan fingerprint density at radius 2 is 1.78 bits per heavy atom. The summed E-state index contributed by atoms with van der Waals surface area (Å²) in [6, 6.07) is 3.26. The fraction of sp³-hybridized carbons (Fsp3) is 0.617. The van der Waals surface area contributed by atoms with E-state index in [9.17, 15) is 24.3 Å². The van der Waals surface area contributed by atoms with Crippen LogP contribution < -0.4 is 25.4 Å². The van der Waals surface area contributed by atoms with Crippen LogP contribution in [0.3, 0.4) is 0 Å². The topological polar surface area (TPSA) is 194 Å². The molecule has 0 bridgehead atoms. The number of carboxylic acids is 1. The van der Waals surface area contributed by atoms with E-state index in [1.165, 1.54) is 22.3 Å². The number of aromatic nitrogens is 2. The van der Waals surface area contributed by atoms with E-state index in [2.05, 4.69) is 41.3 Å². The number of amides is 3. The minimum Gasteiger partial charge on any atom is -0.491 e. The molecule has 4 N–H and O–H groups in total. The van der Waals surface area contributed by atoms with E-state index < -0.39 is 58.9 Å². The van der Waals surface area contributed by atoms with E-state index in [-0.39, 0.29) is 42.7 Å². The van der Waals surface area contributed by atoms with Crippen molar-refractivity contribution in [3.8, 4) is 22.9 Å². The average molecular weight is 939 g/mol. The molecule has 354 valence electrons. The molecular formula is C47H64ClN7O9S. The molecule has 4 aliphatic rings. The predicted molar refractivity (Wildman–Crippen MR) is 250 cm³/mol. The Bertz CT molecular complexity index is 2260. The number of nitrogens with zero attached hydrogens (tertiary/aromatic N) is 4. The predicted octanol–water partition coefficient (Wildman–Crippen LogP) is 7.00. The van der Waals surface area contributed by atoms with Crippen molar-refractivity contribution in [1.82, 2.24) is 30.4 Å². The molecule has 16 nitrogen and oxygen atoms in total. The van der Waals surface area contributed by atoms with Gasteiger partial charge >= 0.3 is 12.1 Å². The zero-order valence-corrected chi connectivity index (χ0v) is 40.2. The van der Waals surface area contributed by atoms with Crippen molar-refractivity contribution in [3.05, 3.63) is 41.3 Å². The van der Waals surface area contributed by atoms with Crippen LogP contribution in [0.15, 0.2) is 36.2 Å². The van der Waals surface area contributed by atoms with Crippen molar-refractivity contribution in [3.63, 3.8) is 0 Å². The highest BCUT2D eigenvalue weighted by molar-refractivity contribution is 7.14. The van der Waals surface area contributed by atoms with Gasteiger partial charge in [0.1, 0.15) is 58.7 Å². The summed E-state index contributed by atoms with van der Waals surface area (Å²) < 4.78 is 24.4. The molecule has 0 radical (unpaired) electrons. The van der Waals surface area contributed by atoms with E-state index in [1.54, 1.807) is 19.2 Å². The normalized spacial score (nSPS) is 27.1. The number of hydrogen-bond acceptors (Lipinski definition) is 13. The lowest BCUT2D eigenvalue weighted by Gasteiger charge is -2.35. The number of hydrogen-bond donors (Lipinski definition) is 4. The van der Waals surface area contributed by atoms with E-state index in [0.717, 1.165) is 32.4 Å². The van der Waals surface area contributed by atoms with Gasteiger partial charge < -0.3 is 44.9 Å². The number of ether oxygens (including phenoxy) is 4. The third-order valence-electron chi connectivity index (χ3n) is 13.3. The van der Waals surface area contributed by atoms with Gasteiger partial charge in [0, 0.05) is 62.0 Å². The number of nitrogens with one attached hydrogen (secondary N) is 3. The summed E-state index contributed by atoms with van der Waals surface area (Å²) in [4.78, 5) is 68.6. The number of halogens is 1. The largest absolute Gasteiger partial charge is 0.491 e. The van der Waals surface area contributed by atoms with Gasteiger partial charge in [-0.25, -0.2) is 19.6 Å². The fourth-order valence-electron chi connectivity index (χ4n) is 9.21. The number of carbonyl (C=O) groups is 4. The first-order valence-corrected chi connectivity index (χ1v) is 23.9. The first-order valence-electron chi connectivity index (χ1n) is 22.7. The smallest absolute Gasteiger partial charge is 0.408 e. The zero-order chi connectivity index (χ0) is 47.0. The Morgan fingerprint density at radius 3 is 2.42 bits per heavy atom. The molecular weight excluding hydrogens is 874 g/mol. The number of aliphatic carboxylic acids is 1. The number of benzene rings is 1. The Labute approximate surface area is 390 Å². The number of pyridine rings is 1. The van der Waals surface area contributed by atoms with E-state index >= 15 is 0 Å². The number of carboxylic acid groups (broad SMARTS) is 1. The first-order chi connectivity index (χ1) is 30.8. The van der Waals surface area contributed by atoms with Crippen LogP contribution in [0.2, 0.25) is 5.02 Å². The van der Waals surface area contributed by atoms with Gasteiger partial charge in [0.05, 0.1) is 23.9 Å². The molecule has 2 aliphatic heterocycles. The summed E-state index contributed by atoms with van der Waals surface area (Å²) in [6.45, 7) is 20.3. The average Bonchev–Trinajstić information content (AvgIpc) is 3.73. The molecule has 9 atom stereocenters. The third kappa shape index (κ3) is 10.8. The van der Waals surface area contributed by atoms with Gasteiger partial charge in [0.15, 0.2) is 5.13 Å². The molecule has 2 unspecified atom stereocenters. The molecule has 7 rings (SSSR count). The maximum absolute atomic E-state index is 14.9. The SMILES string of the molecule is C=C[C@@H]1C[C@]1(NC(=O)[C@@H]1C[C@@H](Oc2cc(-c3csc(NC(C)C)n3)nc3c(Cl)c(OCCN4CC[C@@H](OC)C4)ccc23)CN1C(=O)[C@@H](NC(=O)OC1CC(C)[C@H](C)C1)C(C)(C)C)C(=O)O. The number of rotatable bonds is 17. The lowest BCUT2D eigenvalue weighted by Crippen LogP contribution is -2.59. The van der Waals surface area contributed by atoms with Crippen molar-refractivity contribution in [2.45, 2.75) is 123 Å². The van der Waals surface area contributed by atoms with Crippen LogP contribution in [0.25, 0.3) is 22.3 Å². The van der Waals surface area contributed by atoms with Crippen molar-refractivity contribution in [1.29, 1.82) is 0 Å². The molecule has 18 heteroatoms. The second kappa shape index (κ2) is 19.6. The van der Waals surface area contributed by atoms with Crippen LogP contribution in [0.4, 0.5) is 9.93 Å². The number of likely N-dealkylation sites (tertiary alicyclic amines) is 2. The van der Waals surface area contributed by atoms with Crippen LogP contribution in [-0.4, -0.2) is 131 Å². The number of alkyl carbamates (subject to hydrolysis) is 1. The molecule has 1 aromatic carbocycles. The van der Waals surface area contributed by atoms with Crippen LogP contribution in [0.1, 0.15) is 80.6 Å². The van der Waals surface area contributed by atoms with Crippen molar-refractivity contribution in [2.75, 3.05) is 45.2 Å².